The molecule has 2 aromatic rings. The van der Waals surface area contributed by atoms with Crippen molar-refractivity contribution in [3.05, 3.63) is 58.6 Å². The zero-order valence-electron chi connectivity index (χ0n) is 12.9. The second-order valence-corrected chi connectivity index (χ2v) is 5.21. The van der Waals surface area contributed by atoms with Crippen molar-refractivity contribution < 1.29 is 14.6 Å². The summed E-state index contributed by atoms with van der Waals surface area (Å²) < 4.78 is 11.3. The molecular weight excluding hydrogens is 337 g/mol. The number of ether oxygens (including phenoxy) is 2. The summed E-state index contributed by atoms with van der Waals surface area (Å²) >= 11 is 6.12. The van der Waals surface area contributed by atoms with Crippen LogP contribution in [0.25, 0.3) is 0 Å². The summed E-state index contributed by atoms with van der Waals surface area (Å²) in [4.78, 5) is 0. The standard InChI is InChI=1S/C17H20ClNO3.ClH/c1-21-16-10-15(18)9-14(11-19-7-8-20)17(16)22-12-13-5-3-2-4-6-13;/h2-6,9-10,19-20H,7-8,11-12H2,1H3;1H. The van der Waals surface area contributed by atoms with Crippen molar-refractivity contribution in [3.8, 4) is 11.5 Å². The van der Waals surface area contributed by atoms with E-state index in [1.165, 1.54) is 0 Å². The first-order chi connectivity index (χ1) is 10.7. The minimum absolute atomic E-state index is 0. The molecule has 2 rings (SSSR count). The number of methoxy groups -OCH3 is 1. The van der Waals surface area contributed by atoms with Crippen LogP contribution in [0.3, 0.4) is 0 Å². The molecule has 0 radical (unpaired) electrons. The molecule has 4 nitrogen and oxygen atoms in total. The van der Waals surface area contributed by atoms with Crippen LogP contribution in [-0.4, -0.2) is 25.4 Å². The number of nitrogens with one attached hydrogen (secondary N) is 1. The van der Waals surface area contributed by atoms with Gasteiger partial charge in [-0.05, 0) is 11.6 Å². The van der Waals surface area contributed by atoms with Gasteiger partial charge >= 0.3 is 0 Å². The molecule has 0 aliphatic carbocycles. The summed E-state index contributed by atoms with van der Waals surface area (Å²) in [6.45, 7) is 1.58. The molecule has 0 aliphatic heterocycles. The van der Waals surface area contributed by atoms with Gasteiger partial charge in [0, 0.05) is 29.7 Å². The third kappa shape index (κ3) is 5.92. The topological polar surface area (TPSA) is 50.7 Å². The molecule has 0 spiro atoms. The Morgan fingerprint density at radius 2 is 1.91 bits per heavy atom. The molecule has 0 aliphatic rings. The van der Waals surface area contributed by atoms with Gasteiger partial charge in [0.05, 0.1) is 13.7 Å². The minimum atomic E-state index is 0. The highest BCUT2D eigenvalue weighted by Crippen LogP contribution is 2.35. The first kappa shape index (κ1) is 19.6. The van der Waals surface area contributed by atoms with Gasteiger partial charge < -0.3 is 19.9 Å². The van der Waals surface area contributed by atoms with Crippen LogP contribution in [0, 0.1) is 0 Å². The van der Waals surface area contributed by atoms with Crippen LogP contribution in [0.15, 0.2) is 42.5 Å². The lowest BCUT2D eigenvalue weighted by Gasteiger charge is -2.16. The molecule has 2 aromatic carbocycles. The quantitative estimate of drug-likeness (QED) is 0.710. The van der Waals surface area contributed by atoms with E-state index >= 15 is 0 Å². The maximum absolute atomic E-state index is 8.88. The summed E-state index contributed by atoms with van der Waals surface area (Å²) in [5.41, 5.74) is 1.97. The summed E-state index contributed by atoms with van der Waals surface area (Å²) in [6, 6.07) is 13.5. The third-order valence-electron chi connectivity index (χ3n) is 3.15. The molecule has 0 saturated heterocycles. The zero-order valence-corrected chi connectivity index (χ0v) is 14.5. The van der Waals surface area contributed by atoms with E-state index in [2.05, 4.69) is 5.32 Å². The summed E-state index contributed by atoms with van der Waals surface area (Å²) in [6.07, 6.45) is 0. The van der Waals surface area contributed by atoms with E-state index in [1.54, 1.807) is 13.2 Å². The van der Waals surface area contributed by atoms with E-state index < -0.39 is 0 Å². The second kappa shape index (κ2) is 10.3. The van der Waals surface area contributed by atoms with Gasteiger partial charge in [0.15, 0.2) is 11.5 Å². The van der Waals surface area contributed by atoms with E-state index in [0.29, 0.717) is 36.2 Å². The fourth-order valence-electron chi connectivity index (χ4n) is 2.10. The molecule has 0 amide bonds. The van der Waals surface area contributed by atoms with Gasteiger partial charge in [-0.15, -0.1) is 12.4 Å². The maximum atomic E-state index is 8.88. The minimum Gasteiger partial charge on any atom is -0.493 e. The molecular formula is C17H21Cl2NO3. The fourth-order valence-corrected chi connectivity index (χ4v) is 2.33. The maximum Gasteiger partial charge on any atom is 0.166 e. The molecule has 0 aromatic heterocycles. The lowest BCUT2D eigenvalue weighted by Crippen LogP contribution is -2.18. The Labute approximate surface area is 147 Å². The molecule has 0 heterocycles. The highest BCUT2D eigenvalue weighted by Gasteiger charge is 2.13. The Bertz CT molecular complexity index is 594. The predicted octanol–water partition coefficient (Wildman–Crippen LogP) is 3.43. The molecule has 0 saturated carbocycles. The van der Waals surface area contributed by atoms with Crippen LogP contribution in [0.1, 0.15) is 11.1 Å². The van der Waals surface area contributed by atoms with Crippen LogP contribution >= 0.6 is 24.0 Å². The van der Waals surface area contributed by atoms with Crippen molar-refractivity contribution in [3.63, 3.8) is 0 Å². The van der Waals surface area contributed by atoms with Crippen LogP contribution in [0.2, 0.25) is 5.02 Å². The molecule has 0 fully saturated rings. The first-order valence-corrected chi connectivity index (χ1v) is 7.47. The average Bonchev–Trinajstić information content (AvgIpc) is 2.54. The Morgan fingerprint density at radius 1 is 1.17 bits per heavy atom. The third-order valence-corrected chi connectivity index (χ3v) is 3.36. The molecule has 0 bridgehead atoms. The van der Waals surface area contributed by atoms with Gasteiger partial charge in [-0.2, -0.15) is 0 Å². The second-order valence-electron chi connectivity index (χ2n) is 4.77. The van der Waals surface area contributed by atoms with Crippen molar-refractivity contribution in [2.75, 3.05) is 20.3 Å². The van der Waals surface area contributed by atoms with Crippen LogP contribution in [-0.2, 0) is 13.2 Å². The van der Waals surface area contributed by atoms with Crippen LogP contribution < -0.4 is 14.8 Å². The Balaban J connectivity index is 0.00000264. The first-order valence-electron chi connectivity index (χ1n) is 7.09. The summed E-state index contributed by atoms with van der Waals surface area (Å²) in [7, 11) is 1.59. The van der Waals surface area contributed by atoms with Crippen molar-refractivity contribution >= 4 is 24.0 Å². The molecule has 0 unspecified atom stereocenters. The van der Waals surface area contributed by atoms with Gasteiger partial charge in [0.25, 0.3) is 0 Å². The SMILES string of the molecule is COc1cc(Cl)cc(CNCCO)c1OCc1ccccc1.Cl. The van der Waals surface area contributed by atoms with Crippen molar-refractivity contribution in [2.24, 2.45) is 0 Å². The monoisotopic (exact) mass is 357 g/mol. The van der Waals surface area contributed by atoms with E-state index in [-0.39, 0.29) is 19.0 Å². The number of hydrogen-bond acceptors (Lipinski definition) is 4. The number of hydrogen-bond donors (Lipinski definition) is 2. The molecule has 2 N–H and O–H groups in total. The number of rotatable bonds is 8. The summed E-state index contributed by atoms with van der Waals surface area (Å²) in [5, 5.41) is 12.6. The summed E-state index contributed by atoms with van der Waals surface area (Å²) in [5.74, 6) is 1.27. The van der Waals surface area contributed by atoms with E-state index in [1.807, 2.05) is 36.4 Å². The van der Waals surface area contributed by atoms with E-state index in [4.69, 9.17) is 26.2 Å². The number of halogens is 2. The Morgan fingerprint density at radius 3 is 2.57 bits per heavy atom. The smallest absolute Gasteiger partial charge is 0.166 e. The zero-order chi connectivity index (χ0) is 15.8. The molecule has 0 atom stereocenters. The largest absolute Gasteiger partial charge is 0.493 e. The van der Waals surface area contributed by atoms with Crippen LogP contribution in [0.4, 0.5) is 0 Å². The van der Waals surface area contributed by atoms with Crippen molar-refractivity contribution in [2.45, 2.75) is 13.2 Å². The van der Waals surface area contributed by atoms with Gasteiger partial charge in [-0.25, -0.2) is 0 Å². The van der Waals surface area contributed by atoms with Crippen molar-refractivity contribution in [1.29, 1.82) is 0 Å². The number of aliphatic hydroxyl groups is 1. The van der Waals surface area contributed by atoms with Crippen molar-refractivity contribution in [1.82, 2.24) is 5.32 Å². The van der Waals surface area contributed by atoms with Crippen LogP contribution in [0.5, 0.6) is 11.5 Å². The number of benzene rings is 2. The highest BCUT2D eigenvalue weighted by molar-refractivity contribution is 6.30. The van der Waals surface area contributed by atoms with Gasteiger partial charge in [0.2, 0.25) is 0 Å². The van der Waals surface area contributed by atoms with Gasteiger partial charge in [-0.1, -0.05) is 41.9 Å². The Kier molecular flexibility index (Phi) is 8.81. The molecule has 23 heavy (non-hydrogen) atoms. The van der Waals surface area contributed by atoms with E-state index in [9.17, 15) is 0 Å². The highest BCUT2D eigenvalue weighted by atomic mass is 35.5. The fraction of sp³-hybridized carbons (Fsp3) is 0.294. The average molecular weight is 358 g/mol. The predicted molar refractivity (Wildman–Crippen MR) is 94.8 cm³/mol. The lowest BCUT2D eigenvalue weighted by atomic mass is 10.1. The molecule has 6 heteroatoms. The number of aliphatic hydroxyl groups excluding tert-OH is 1. The molecule has 126 valence electrons. The lowest BCUT2D eigenvalue weighted by molar-refractivity contribution is 0.277. The Hall–Kier alpha value is -1.46. The van der Waals surface area contributed by atoms with Gasteiger partial charge in [0.1, 0.15) is 6.61 Å². The van der Waals surface area contributed by atoms with Gasteiger partial charge in [-0.3, -0.25) is 0 Å². The van der Waals surface area contributed by atoms with E-state index in [0.717, 1.165) is 11.1 Å². The normalized spacial score (nSPS) is 10.0.